The third-order valence-electron chi connectivity index (χ3n) is 5.40. The summed E-state index contributed by atoms with van der Waals surface area (Å²) in [6, 6.07) is 18.1. The fraction of sp³-hybridized carbons (Fsp3) is 0.154. The van der Waals surface area contributed by atoms with Crippen molar-refractivity contribution < 1.29 is 14.0 Å². The Morgan fingerprint density at radius 1 is 0.971 bits per heavy atom. The van der Waals surface area contributed by atoms with Crippen LogP contribution in [0.1, 0.15) is 11.1 Å². The zero-order valence-electron chi connectivity index (χ0n) is 19.2. The molecular weight excluding hydrogens is 467 g/mol. The standard InChI is InChI=1S/C26H23FN4O3S/c1-16-7-12-20(13-17(16)2)31-25(34)21-5-3-4-6-22(21)30-26(31)35-15-24(33)28-14-23(32)29-19-10-8-18(27)9-11-19/h3-13H,14-15H2,1-2H3,(H,28,33)(H,29,32). The SMILES string of the molecule is Cc1ccc(-n2c(SCC(=O)NCC(=O)Nc3ccc(F)cc3)nc3ccccc3c2=O)cc1C. The number of para-hydroxylation sites is 1. The largest absolute Gasteiger partial charge is 0.346 e. The van der Waals surface area contributed by atoms with Crippen molar-refractivity contribution in [1.29, 1.82) is 0 Å². The van der Waals surface area contributed by atoms with Gasteiger partial charge in [-0.25, -0.2) is 9.37 Å². The van der Waals surface area contributed by atoms with E-state index < -0.39 is 17.6 Å². The molecule has 2 amide bonds. The summed E-state index contributed by atoms with van der Waals surface area (Å²) in [6.45, 7) is 3.72. The lowest BCUT2D eigenvalue weighted by Gasteiger charge is -2.14. The number of benzene rings is 3. The van der Waals surface area contributed by atoms with Crippen LogP contribution >= 0.6 is 11.8 Å². The molecule has 0 radical (unpaired) electrons. The second-order valence-corrected chi connectivity index (χ2v) is 8.88. The first-order valence-electron chi connectivity index (χ1n) is 10.9. The lowest BCUT2D eigenvalue weighted by Crippen LogP contribution is -2.34. The number of aryl methyl sites for hydroxylation is 2. The summed E-state index contributed by atoms with van der Waals surface area (Å²) in [5, 5.41) is 5.99. The number of halogens is 1. The van der Waals surface area contributed by atoms with E-state index in [0.717, 1.165) is 22.9 Å². The van der Waals surface area contributed by atoms with Gasteiger partial charge in [0.25, 0.3) is 5.56 Å². The van der Waals surface area contributed by atoms with Gasteiger partial charge in [-0.15, -0.1) is 0 Å². The smallest absolute Gasteiger partial charge is 0.266 e. The van der Waals surface area contributed by atoms with Crippen LogP contribution in [0.4, 0.5) is 10.1 Å². The molecule has 0 aliphatic carbocycles. The number of rotatable bonds is 7. The molecule has 0 atom stereocenters. The van der Waals surface area contributed by atoms with Crippen molar-refractivity contribution in [3.8, 4) is 5.69 Å². The maximum Gasteiger partial charge on any atom is 0.266 e. The van der Waals surface area contributed by atoms with Crippen molar-refractivity contribution in [2.24, 2.45) is 0 Å². The Bertz CT molecular complexity index is 1470. The Balaban J connectivity index is 1.49. The van der Waals surface area contributed by atoms with Crippen molar-refractivity contribution in [1.82, 2.24) is 14.9 Å². The van der Waals surface area contributed by atoms with E-state index in [1.54, 1.807) is 24.3 Å². The van der Waals surface area contributed by atoms with Crippen LogP contribution in [-0.4, -0.2) is 33.7 Å². The zero-order chi connectivity index (χ0) is 24.9. The number of fused-ring (bicyclic) bond motifs is 1. The van der Waals surface area contributed by atoms with E-state index in [4.69, 9.17) is 0 Å². The second-order valence-electron chi connectivity index (χ2n) is 7.94. The Labute approximate surface area is 205 Å². The number of anilines is 1. The molecule has 0 saturated heterocycles. The highest BCUT2D eigenvalue weighted by Crippen LogP contribution is 2.22. The van der Waals surface area contributed by atoms with Gasteiger partial charge in [-0.2, -0.15) is 0 Å². The van der Waals surface area contributed by atoms with Gasteiger partial charge in [0.05, 0.1) is 28.9 Å². The molecule has 0 fully saturated rings. The van der Waals surface area contributed by atoms with Crippen LogP contribution in [0.2, 0.25) is 0 Å². The van der Waals surface area contributed by atoms with Crippen molar-refractivity contribution >= 4 is 40.2 Å². The lowest BCUT2D eigenvalue weighted by atomic mass is 10.1. The molecule has 0 spiro atoms. The topological polar surface area (TPSA) is 93.1 Å². The van der Waals surface area contributed by atoms with Gasteiger partial charge in [0, 0.05) is 5.69 Å². The van der Waals surface area contributed by atoms with E-state index >= 15 is 0 Å². The Morgan fingerprint density at radius 3 is 2.46 bits per heavy atom. The van der Waals surface area contributed by atoms with Crippen LogP contribution in [0.5, 0.6) is 0 Å². The van der Waals surface area contributed by atoms with Crippen molar-refractivity contribution in [3.63, 3.8) is 0 Å². The van der Waals surface area contributed by atoms with E-state index in [1.807, 2.05) is 32.0 Å². The first kappa shape index (κ1) is 24.2. The Kier molecular flexibility index (Phi) is 7.26. The molecule has 0 unspecified atom stereocenters. The highest BCUT2D eigenvalue weighted by Gasteiger charge is 2.16. The monoisotopic (exact) mass is 490 g/mol. The fourth-order valence-electron chi connectivity index (χ4n) is 3.40. The number of nitrogens with zero attached hydrogens (tertiary/aromatic N) is 2. The molecule has 0 saturated carbocycles. The molecule has 7 nitrogen and oxygen atoms in total. The summed E-state index contributed by atoms with van der Waals surface area (Å²) in [5.74, 6) is -1.28. The first-order chi connectivity index (χ1) is 16.8. The van der Waals surface area contributed by atoms with Crippen molar-refractivity contribution in [2.45, 2.75) is 19.0 Å². The van der Waals surface area contributed by atoms with Crippen LogP contribution in [0.25, 0.3) is 16.6 Å². The number of thioether (sulfide) groups is 1. The van der Waals surface area contributed by atoms with Gasteiger partial charge in [-0.1, -0.05) is 30.0 Å². The Hall–Kier alpha value is -3.98. The molecule has 4 rings (SSSR count). The van der Waals surface area contributed by atoms with Gasteiger partial charge >= 0.3 is 0 Å². The first-order valence-corrected chi connectivity index (χ1v) is 11.8. The third kappa shape index (κ3) is 5.75. The molecule has 1 aromatic heterocycles. The number of carbonyl (C=O) groups excluding carboxylic acids is 2. The zero-order valence-corrected chi connectivity index (χ0v) is 20.0. The van der Waals surface area contributed by atoms with Gasteiger partial charge < -0.3 is 10.6 Å². The number of hydrogen-bond donors (Lipinski definition) is 2. The highest BCUT2D eigenvalue weighted by molar-refractivity contribution is 7.99. The summed E-state index contributed by atoms with van der Waals surface area (Å²) in [7, 11) is 0. The Morgan fingerprint density at radius 2 is 1.71 bits per heavy atom. The summed E-state index contributed by atoms with van der Waals surface area (Å²) >= 11 is 1.11. The molecule has 4 aromatic rings. The number of nitrogens with one attached hydrogen (secondary N) is 2. The molecule has 9 heteroatoms. The summed E-state index contributed by atoms with van der Waals surface area (Å²) in [4.78, 5) is 42.5. The van der Waals surface area contributed by atoms with Crippen LogP contribution < -0.4 is 16.2 Å². The molecular formula is C26H23FN4O3S. The predicted octanol–water partition coefficient (Wildman–Crippen LogP) is 3.99. The van der Waals surface area contributed by atoms with Gasteiger partial charge in [-0.3, -0.25) is 19.0 Å². The van der Waals surface area contributed by atoms with Gasteiger partial charge in [0.1, 0.15) is 5.82 Å². The minimum atomic E-state index is -0.439. The fourth-order valence-corrected chi connectivity index (χ4v) is 4.24. The third-order valence-corrected chi connectivity index (χ3v) is 6.34. The number of amides is 2. The van der Waals surface area contributed by atoms with E-state index in [2.05, 4.69) is 15.6 Å². The summed E-state index contributed by atoms with van der Waals surface area (Å²) < 4.78 is 14.5. The second kappa shape index (κ2) is 10.5. The van der Waals surface area contributed by atoms with Gasteiger partial charge in [0.15, 0.2) is 5.16 Å². The summed E-state index contributed by atoms with van der Waals surface area (Å²) in [5.41, 5.74) is 3.54. The maximum atomic E-state index is 13.3. The normalized spacial score (nSPS) is 10.8. The number of hydrogen-bond acceptors (Lipinski definition) is 5. The van der Waals surface area contributed by atoms with E-state index in [1.165, 1.54) is 28.8 Å². The molecule has 1 heterocycles. The van der Waals surface area contributed by atoms with Crippen molar-refractivity contribution in [2.75, 3.05) is 17.6 Å². The van der Waals surface area contributed by atoms with E-state index in [9.17, 15) is 18.8 Å². The molecule has 0 aliphatic rings. The van der Waals surface area contributed by atoms with E-state index in [0.29, 0.717) is 27.4 Å². The van der Waals surface area contributed by atoms with E-state index in [-0.39, 0.29) is 17.9 Å². The predicted molar refractivity (Wildman–Crippen MR) is 136 cm³/mol. The van der Waals surface area contributed by atoms with Crippen LogP contribution in [-0.2, 0) is 9.59 Å². The average Bonchev–Trinajstić information content (AvgIpc) is 2.85. The average molecular weight is 491 g/mol. The maximum absolute atomic E-state index is 13.3. The lowest BCUT2D eigenvalue weighted by molar-refractivity contribution is -0.122. The molecule has 178 valence electrons. The van der Waals surface area contributed by atoms with Crippen LogP contribution in [0, 0.1) is 19.7 Å². The van der Waals surface area contributed by atoms with Gasteiger partial charge in [-0.05, 0) is 73.5 Å². The molecule has 0 aliphatic heterocycles. The van der Waals surface area contributed by atoms with Crippen LogP contribution in [0.15, 0.2) is 76.7 Å². The number of aromatic nitrogens is 2. The minimum absolute atomic E-state index is 0.0422. The highest BCUT2D eigenvalue weighted by atomic mass is 32.2. The summed E-state index contributed by atoms with van der Waals surface area (Å²) in [6.07, 6.45) is 0. The number of carbonyl (C=O) groups is 2. The molecule has 3 aromatic carbocycles. The van der Waals surface area contributed by atoms with Gasteiger partial charge in [0.2, 0.25) is 11.8 Å². The molecule has 0 bridgehead atoms. The van der Waals surface area contributed by atoms with Crippen LogP contribution in [0.3, 0.4) is 0 Å². The minimum Gasteiger partial charge on any atom is -0.346 e. The quantitative estimate of drug-likeness (QED) is 0.302. The molecule has 35 heavy (non-hydrogen) atoms. The molecule has 2 N–H and O–H groups in total. The van der Waals surface area contributed by atoms with Crippen molar-refractivity contribution in [3.05, 3.63) is 94.0 Å².